The fourth-order valence-corrected chi connectivity index (χ4v) is 2.82. The molecule has 0 radical (unpaired) electrons. The molecule has 0 saturated carbocycles. The fraction of sp³-hybridized carbons (Fsp3) is 0.467. The van der Waals surface area contributed by atoms with E-state index in [1.807, 2.05) is 24.0 Å². The molecule has 3 rings (SSSR count). The number of aromatic nitrogens is 4. The second kappa shape index (κ2) is 6.65. The first-order valence-electron chi connectivity index (χ1n) is 7.86. The zero-order valence-electron chi connectivity index (χ0n) is 14.0. The lowest BCUT2D eigenvalue weighted by Crippen LogP contribution is -2.40. The van der Waals surface area contributed by atoms with Crippen molar-refractivity contribution in [2.24, 2.45) is 0 Å². The average Bonchev–Trinajstić information content (AvgIpc) is 2.95. The maximum atomic E-state index is 12.5. The van der Waals surface area contributed by atoms with Crippen LogP contribution in [0.4, 0.5) is 0 Å². The number of rotatable bonds is 4. The van der Waals surface area contributed by atoms with Crippen LogP contribution in [0.1, 0.15) is 28.0 Å². The van der Waals surface area contributed by atoms with Crippen LogP contribution in [0.25, 0.3) is 0 Å². The minimum Gasteiger partial charge on any atom is -0.385 e. The number of aliphatic hydroxyl groups excluding tert-OH is 1. The zero-order valence-corrected chi connectivity index (χ0v) is 14.0. The van der Waals surface area contributed by atoms with E-state index in [9.17, 15) is 19.5 Å². The first kappa shape index (κ1) is 17.1. The minimum absolute atomic E-state index is 0.0467. The monoisotopic (exact) mass is 348 g/mol. The number of fused-ring (bicyclic) bond motifs is 1. The second-order valence-electron chi connectivity index (χ2n) is 6.29. The van der Waals surface area contributed by atoms with Gasteiger partial charge in [0.15, 0.2) is 0 Å². The number of hydrogen-bond acceptors (Lipinski definition) is 6. The van der Waals surface area contributed by atoms with E-state index in [4.69, 9.17) is 0 Å². The van der Waals surface area contributed by atoms with Crippen LogP contribution >= 0.6 is 0 Å². The van der Waals surface area contributed by atoms with E-state index < -0.39 is 23.3 Å². The number of aliphatic hydroxyl groups is 1. The summed E-state index contributed by atoms with van der Waals surface area (Å²) in [5, 5.41) is 14.6. The van der Waals surface area contributed by atoms with Gasteiger partial charge in [-0.3, -0.25) is 19.3 Å². The molecule has 0 unspecified atom stereocenters. The van der Waals surface area contributed by atoms with Crippen LogP contribution in [0.5, 0.6) is 0 Å². The van der Waals surface area contributed by atoms with E-state index >= 15 is 0 Å². The van der Waals surface area contributed by atoms with Crippen molar-refractivity contribution in [2.75, 3.05) is 27.2 Å². The number of aromatic amines is 2. The highest BCUT2D eigenvalue weighted by Crippen LogP contribution is 2.19. The molecule has 1 aliphatic rings. The molecule has 3 heterocycles. The van der Waals surface area contributed by atoms with Crippen LogP contribution in [0.15, 0.2) is 21.7 Å². The Balaban J connectivity index is 1.79. The molecule has 1 aliphatic heterocycles. The molecule has 3 N–H and O–H groups in total. The minimum atomic E-state index is -0.716. The third-order valence-electron chi connectivity index (χ3n) is 3.97. The van der Waals surface area contributed by atoms with Crippen molar-refractivity contribution >= 4 is 5.91 Å². The first-order chi connectivity index (χ1) is 11.8. The highest BCUT2D eigenvalue weighted by atomic mass is 16.3. The molecule has 0 aliphatic carbocycles. The van der Waals surface area contributed by atoms with Gasteiger partial charge < -0.3 is 19.9 Å². The Bertz CT molecular complexity index is 868. The number of H-pyrrole nitrogens is 2. The maximum absolute atomic E-state index is 12.5. The summed E-state index contributed by atoms with van der Waals surface area (Å²) in [7, 11) is 3.73. The zero-order chi connectivity index (χ0) is 18.1. The van der Waals surface area contributed by atoms with Gasteiger partial charge in [0.2, 0.25) is 0 Å². The van der Waals surface area contributed by atoms with E-state index in [2.05, 4.69) is 10.1 Å². The SMILES string of the molecule is CN(C)C[C@H](O)c1cc2n(n1)CCN(C(=O)c1cc(=O)[nH]c(=O)[nH]1)C2. The number of nitrogens with one attached hydrogen (secondary N) is 2. The molecule has 134 valence electrons. The number of carbonyl (C=O) groups is 1. The van der Waals surface area contributed by atoms with Gasteiger partial charge in [-0.2, -0.15) is 5.10 Å². The molecule has 1 atom stereocenters. The Morgan fingerprint density at radius 3 is 2.76 bits per heavy atom. The van der Waals surface area contributed by atoms with Gasteiger partial charge >= 0.3 is 5.69 Å². The van der Waals surface area contributed by atoms with Crippen LogP contribution in [0.2, 0.25) is 0 Å². The third kappa shape index (κ3) is 3.69. The molecular formula is C15H20N6O4. The Morgan fingerprint density at radius 1 is 1.32 bits per heavy atom. The number of carbonyl (C=O) groups excluding carboxylic acids is 1. The molecule has 1 amide bonds. The van der Waals surface area contributed by atoms with E-state index in [1.165, 1.54) is 4.90 Å². The molecule has 10 nitrogen and oxygen atoms in total. The standard InChI is InChI=1S/C15H20N6O4/c1-19(2)8-12(22)10-5-9-7-20(3-4-21(9)18-10)14(24)11-6-13(23)17-15(25)16-11/h5-6,12,22H,3-4,7-8H2,1-2H3,(H2,16,17,23,25)/t12-/m0/s1. The van der Waals surface area contributed by atoms with Crippen molar-refractivity contribution in [1.29, 1.82) is 0 Å². The van der Waals surface area contributed by atoms with E-state index in [-0.39, 0.29) is 12.2 Å². The van der Waals surface area contributed by atoms with Crippen LogP contribution in [-0.4, -0.2) is 67.7 Å². The van der Waals surface area contributed by atoms with Crippen LogP contribution in [-0.2, 0) is 13.1 Å². The van der Waals surface area contributed by atoms with Gasteiger partial charge in [0.25, 0.3) is 11.5 Å². The average molecular weight is 348 g/mol. The van der Waals surface area contributed by atoms with E-state index in [0.717, 1.165) is 11.8 Å². The van der Waals surface area contributed by atoms with Crippen LogP contribution < -0.4 is 11.2 Å². The summed E-state index contributed by atoms with van der Waals surface area (Å²) in [5.41, 5.74) is -0.0352. The summed E-state index contributed by atoms with van der Waals surface area (Å²) in [6.07, 6.45) is -0.707. The molecule has 10 heteroatoms. The maximum Gasteiger partial charge on any atom is 0.326 e. The molecule has 0 saturated heterocycles. The molecule has 0 bridgehead atoms. The number of likely N-dealkylation sites (N-methyl/N-ethyl adjacent to an activating group) is 1. The predicted octanol–water partition coefficient (Wildman–Crippen LogP) is -1.49. The fourth-order valence-electron chi connectivity index (χ4n) is 2.82. The first-order valence-corrected chi connectivity index (χ1v) is 7.86. The van der Waals surface area contributed by atoms with Crippen molar-refractivity contribution in [1.82, 2.24) is 29.5 Å². The van der Waals surface area contributed by atoms with Crippen molar-refractivity contribution in [2.45, 2.75) is 19.2 Å². The largest absolute Gasteiger partial charge is 0.385 e. The van der Waals surface area contributed by atoms with Gasteiger partial charge in [-0.1, -0.05) is 0 Å². The highest BCUT2D eigenvalue weighted by molar-refractivity contribution is 5.92. The lowest BCUT2D eigenvalue weighted by molar-refractivity contribution is 0.0698. The summed E-state index contributed by atoms with van der Waals surface area (Å²) in [6.45, 7) is 1.61. The molecule has 25 heavy (non-hydrogen) atoms. The van der Waals surface area contributed by atoms with Crippen LogP contribution in [0, 0.1) is 0 Å². The Kier molecular flexibility index (Phi) is 4.55. The van der Waals surface area contributed by atoms with Gasteiger partial charge in [0.1, 0.15) is 11.8 Å². The van der Waals surface area contributed by atoms with Gasteiger partial charge in [-0.15, -0.1) is 0 Å². The molecule has 0 fully saturated rings. The Hall–Kier alpha value is -2.72. The smallest absolute Gasteiger partial charge is 0.326 e. The van der Waals surface area contributed by atoms with Crippen molar-refractivity contribution in [3.63, 3.8) is 0 Å². The molecule has 2 aromatic rings. The third-order valence-corrected chi connectivity index (χ3v) is 3.97. The lowest BCUT2D eigenvalue weighted by Gasteiger charge is -2.27. The number of amides is 1. The summed E-state index contributed by atoms with van der Waals surface area (Å²) in [5.74, 6) is -0.425. The highest BCUT2D eigenvalue weighted by Gasteiger charge is 2.25. The van der Waals surface area contributed by atoms with Gasteiger partial charge in [-0.25, -0.2) is 4.79 Å². The lowest BCUT2D eigenvalue weighted by atomic mass is 10.2. The predicted molar refractivity (Wildman–Crippen MR) is 88.2 cm³/mol. The van der Waals surface area contributed by atoms with Crippen molar-refractivity contribution in [3.8, 4) is 0 Å². The van der Waals surface area contributed by atoms with E-state index in [1.54, 1.807) is 10.7 Å². The van der Waals surface area contributed by atoms with Crippen LogP contribution in [0.3, 0.4) is 0 Å². The normalized spacial score (nSPS) is 15.3. The molecular weight excluding hydrogens is 328 g/mol. The molecule has 0 spiro atoms. The van der Waals surface area contributed by atoms with Gasteiger partial charge in [0.05, 0.1) is 24.5 Å². The Morgan fingerprint density at radius 2 is 2.08 bits per heavy atom. The second-order valence-corrected chi connectivity index (χ2v) is 6.29. The Labute approximate surface area is 142 Å². The summed E-state index contributed by atoms with van der Waals surface area (Å²) in [6, 6.07) is 2.84. The van der Waals surface area contributed by atoms with Crippen molar-refractivity contribution in [3.05, 3.63) is 50.1 Å². The van der Waals surface area contributed by atoms with E-state index in [0.29, 0.717) is 25.3 Å². The summed E-state index contributed by atoms with van der Waals surface area (Å²) in [4.78, 5) is 43.0. The molecule has 2 aromatic heterocycles. The molecule has 0 aromatic carbocycles. The summed E-state index contributed by atoms with van der Waals surface area (Å²) >= 11 is 0. The quantitative estimate of drug-likeness (QED) is 0.618. The van der Waals surface area contributed by atoms with Gasteiger partial charge in [0, 0.05) is 19.2 Å². The van der Waals surface area contributed by atoms with Gasteiger partial charge in [-0.05, 0) is 20.2 Å². The number of nitrogens with zero attached hydrogens (tertiary/aromatic N) is 4. The summed E-state index contributed by atoms with van der Waals surface area (Å²) < 4.78 is 1.76. The van der Waals surface area contributed by atoms with Crippen molar-refractivity contribution < 1.29 is 9.90 Å². The topological polar surface area (TPSA) is 127 Å². The number of hydrogen-bond donors (Lipinski definition) is 3.